The molecule has 0 radical (unpaired) electrons. The Hall–Kier alpha value is -0.770. The van der Waals surface area contributed by atoms with Crippen molar-refractivity contribution in [1.82, 2.24) is 0 Å². The molecule has 0 aliphatic heterocycles. The zero-order chi connectivity index (χ0) is 12.0. The molecule has 88 valence electrons. The summed E-state index contributed by atoms with van der Waals surface area (Å²) in [4.78, 5) is 0. The lowest BCUT2D eigenvalue weighted by Gasteiger charge is -2.26. The van der Waals surface area contributed by atoms with Crippen LogP contribution in [0.25, 0.3) is 0 Å². The van der Waals surface area contributed by atoms with Gasteiger partial charge in [0.1, 0.15) is 0 Å². The molecule has 3 heteroatoms. The van der Waals surface area contributed by atoms with E-state index < -0.39 is 5.60 Å². The molecule has 0 spiro atoms. The Morgan fingerprint density at radius 3 is 2.56 bits per heavy atom. The average molecular weight is 238 g/mol. The molecule has 0 heterocycles. The molecule has 2 atom stereocenters. The first-order valence-electron chi connectivity index (χ1n) is 5.27. The second kappa shape index (κ2) is 6.09. The van der Waals surface area contributed by atoms with Gasteiger partial charge >= 0.3 is 0 Å². The lowest BCUT2D eigenvalue weighted by Crippen LogP contribution is -2.25. The monoisotopic (exact) mass is 238 g/mol. The van der Waals surface area contributed by atoms with Crippen LogP contribution in [0.15, 0.2) is 43.0 Å². The molecule has 1 aromatic rings. The molecule has 2 N–H and O–H groups in total. The molecular formula is C13H18O2S. The highest BCUT2D eigenvalue weighted by Crippen LogP contribution is 2.35. The summed E-state index contributed by atoms with van der Waals surface area (Å²) in [5, 5.41) is 9.98. The van der Waals surface area contributed by atoms with Crippen molar-refractivity contribution in [1.29, 1.82) is 0 Å². The van der Waals surface area contributed by atoms with Crippen LogP contribution in [0.1, 0.15) is 30.6 Å². The van der Waals surface area contributed by atoms with E-state index in [9.17, 15) is 9.66 Å². The first-order valence-corrected chi connectivity index (χ1v) is 6.11. The molecule has 0 fully saturated rings. The quantitative estimate of drug-likeness (QED) is 0.587. The van der Waals surface area contributed by atoms with Gasteiger partial charge in [-0.1, -0.05) is 36.4 Å². The van der Waals surface area contributed by atoms with Crippen LogP contribution >= 0.6 is 12.0 Å². The highest BCUT2D eigenvalue weighted by Gasteiger charge is 2.25. The molecule has 1 rings (SSSR count). The molecule has 16 heavy (non-hydrogen) atoms. The van der Waals surface area contributed by atoms with Gasteiger partial charge in [0.15, 0.2) is 0 Å². The van der Waals surface area contributed by atoms with Crippen molar-refractivity contribution in [3.63, 3.8) is 0 Å². The van der Waals surface area contributed by atoms with E-state index in [1.807, 2.05) is 30.3 Å². The van der Waals surface area contributed by atoms with Crippen molar-refractivity contribution >= 4 is 12.0 Å². The fourth-order valence-corrected chi connectivity index (χ4v) is 2.39. The Bertz CT molecular complexity index is 322. The second-order valence-electron chi connectivity index (χ2n) is 4.20. The molecule has 0 aliphatic rings. The third-order valence-corrected chi connectivity index (χ3v) is 3.20. The topological polar surface area (TPSA) is 40.5 Å². The van der Waals surface area contributed by atoms with E-state index in [1.54, 1.807) is 13.0 Å². The van der Waals surface area contributed by atoms with Crippen molar-refractivity contribution in [2.75, 3.05) is 0 Å². The Balaban J connectivity index is 2.73. The maximum atomic E-state index is 10.1. The molecule has 0 amide bonds. The molecule has 0 bridgehead atoms. The summed E-state index contributed by atoms with van der Waals surface area (Å²) in [5.41, 5.74) is 0.206. The molecule has 0 aliphatic carbocycles. The van der Waals surface area contributed by atoms with Gasteiger partial charge in [-0.15, -0.1) is 6.58 Å². The van der Waals surface area contributed by atoms with Crippen molar-refractivity contribution in [3.8, 4) is 0 Å². The van der Waals surface area contributed by atoms with E-state index in [-0.39, 0.29) is 5.25 Å². The van der Waals surface area contributed by atoms with E-state index in [1.165, 1.54) is 0 Å². The Morgan fingerprint density at radius 2 is 2.06 bits per heavy atom. The lowest BCUT2D eigenvalue weighted by atomic mass is 9.93. The summed E-state index contributed by atoms with van der Waals surface area (Å²) in [5.74, 6) is 0. The van der Waals surface area contributed by atoms with Gasteiger partial charge in [0.25, 0.3) is 0 Å². The smallest absolute Gasteiger partial charge is 0.0668 e. The van der Waals surface area contributed by atoms with Crippen LogP contribution in [0.5, 0.6) is 0 Å². The van der Waals surface area contributed by atoms with Crippen molar-refractivity contribution in [2.24, 2.45) is 0 Å². The van der Waals surface area contributed by atoms with Crippen LogP contribution in [-0.4, -0.2) is 15.3 Å². The first kappa shape index (κ1) is 13.3. The highest BCUT2D eigenvalue weighted by atomic mass is 32.2. The van der Waals surface area contributed by atoms with Gasteiger partial charge in [-0.05, 0) is 37.4 Å². The number of rotatable bonds is 6. The maximum Gasteiger partial charge on any atom is 0.0668 e. The van der Waals surface area contributed by atoms with Crippen LogP contribution in [0.2, 0.25) is 0 Å². The molecular weight excluding hydrogens is 220 g/mol. The van der Waals surface area contributed by atoms with E-state index in [0.29, 0.717) is 12.8 Å². The van der Waals surface area contributed by atoms with Crippen molar-refractivity contribution in [2.45, 2.75) is 30.6 Å². The van der Waals surface area contributed by atoms with Crippen LogP contribution in [-0.2, 0) is 0 Å². The SMILES string of the molecule is C=CCC(C)(O)CC(SO)c1ccccc1. The fraction of sp³-hybridized carbons (Fsp3) is 0.385. The van der Waals surface area contributed by atoms with Crippen molar-refractivity contribution in [3.05, 3.63) is 48.6 Å². The predicted molar refractivity (Wildman–Crippen MR) is 69.5 cm³/mol. The van der Waals surface area contributed by atoms with E-state index in [4.69, 9.17) is 0 Å². The summed E-state index contributed by atoms with van der Waals surface area (Å²) >= 11 is 0.781. The van der Waals surface area contributed by atoms with Crippen LogP contribution < -0.4 is 0 Å². The highest BCUT2D eigenvalue weighted by molar-refractivity contribution is 7.94. The average Bonchev–Trinajstić information content (AvgIpc) is 2.27. The van der Waals surface area contributed by atoms with E-state index >= 15 is 0 Å². The molecule has 1 aromatic carbocycles. The summed E-state index contributed by atoms with van der Waals surface area (Å²) in [7, 11) is 0. The minimum atomic E-state index is -0.821. The van der Waals surface area contributed by atoms with Gasteiger partial charge in [-0.2, -0.15) is 0 Å². The summed E-state index contributed by atoms with van der Waals surface area (Å²) in [6.45, 7) is 5.39. The van der Waals surface area contributed by atoms with Gasteiger partial charge in [-0.3, -0.25) is 0 Å². The van der Waals surface area contributed by atoms with Crippen LogP contribution in [0.4, 0.5) is 0 Å². The predicted octanol–water partition coefficient (Wildman–Crippen LogP) is 3.65. The zero-order valence-corrected chi connectivity index (χ0v) is 10.3. The van der Waals surface area contributed by atoms with Gasteiger partial charge in [0, 0.05) is 0 Å². The summed E-state index contributed by atoms with van der Waals surface area (Å²) in [6, 6.07) is 9.71. The lowest BCUT2D eigenvalue weighted by molar-refractivity contribution is 0.0533. The van der Waals surface area contributed by atoms with Gasteiger partial charge < -0.3 is 9.66 Å². The largest absolute Gasteiger partial charge is 0.390 e. The van der Waals surface area contributed by atoms with Crippen molar-refractivity contribution < 1.29 is 9.66 Å². The number of aliphatic hydroxyl groups is 1. The Kier molecular flexibility index (Phi) is 5.06. The fourth-order valence-electron chi connectivity index (χ4n) is 1.68. The summed E-state index contributed by atoms with van der Waals surface area (Å²) < 4.78 is 9.29. The molecule has 0 saturated heterocycles. The first-order chi connectivity index (χ1) is 7.59. The molecule has 2 unspecified atom stereocenters. The maximum absolute atomic E-state index is 10.1. The third-order valence-electron chi connectivity index (χ3n) is 2.51. The normalized spacial score (nSPS) is 16.4. The summed E-state index contributed by atoms with van der Waals surface area (Å²) in [6.07, 6.45) is 2.73. The molecule has 0 saturated carbocycles. The zero-order valence-electron chi connectivity index (χ0n) is 9.47. The minimum absolute atomic E-state index is 0.101. The number of hydrogen-bond donors (Lipinski definition) is 2. The number of hydrogen-bond acceptors (Lipinski definition) is 3. The van der Waals surface area contributed by atoms with Gasteiger partial charge in [0.2, 0.25) is 0 Å². The third kappa shape index (κ3) is 4.00. The van der Waals surface area contributed by atoms with Crippen LogP contribution in [0.3, 0.4) is 0 Å². The Labute approximate surface area is 101 Å². The van der Waals surface area contributed by atoms with Gasteiger partial charge in [0.05, 0.1) is 10.9 Å². The minimum Gasteiger partial charge on any atom is -0.390 e. The number of benzene rings is 1. The molecule has 2 nitrogen and oxygen atoms in total. The molecule has 0 aromatic heterocycles. The second-order valence-corrected chi connectivity index (χ2v) is 4.98. The van der Waals surface area contributed by atoms with Gasteiger partial charge in [-0.25, -0.2) is 0 Å². The standard InChI is InChI=1S/C13H18O2S/c1-3-9-13(2,14)10-12(16-15)11-7-5-4-6-8-11/h3-8,12,14-15H,1,9-10H2,2H3. The van der Waals surface area contributed by atoms with Crippen LogP contribution in [0, 0.1) is 0 Å². The van der Waals surface area contributed by atoms with E-state index in [2.05, 4.69) is 6.58 Å². The Morgan fingerprint density at radius 1 is 1.44 bits per heavy atom. The van der Waals surface area contributed by atoms with E-state index in [0.717, 1.165) is 17.6 Å².